The SMILES string of the molecule is Cc1ccccc1CCC(=O)NC(C(=O)O)c1cccs1. The molecule has 21 heavy (non-hydrogen) atoms. The van der Waals surface area contributed by atoms with Crippen molar-refractivity contribution in [2.24, 2.45) is 0 Å². The molecule has 0 aliphatic carbocycles. The summed E-state index contributed by atoms with van der Waals surface area (Å²) in [5.41, 5.74) is 2.24. The van der Waals surface area contributed by atoms with Crippen LogP contribution >= 0.6 is 11.3 Å². The molecule has 5 heteroatoms. The molecule has 2 rings (SSSR count). The third kappa shape index (κ3) is 4.16. The molecule has 0 aliphatic rings. The number of aliphatic carboxylic acids is 1. The number of carbonyl (C=O) groups excluding carboxylic acids is 1. The highest BCUT2D eigenvalue weighted by Crippen LogP contribution is 2.19. The van der Waals surface area contributed by atoms with Crippen LogP contribution in [0, 0.1) is 6.92 Å². The van der Waals surface area contributed by atoms with E-state index in [1.54, 1.807) is 17.5 Å². The van der Waals surface area contributed by atoms with Crippen LogP contribution in [-0.4, -0.2) is 17.0 Å². The van der Waals surface area contributed by atoms with Crippen molar-refractivity contribution < 1.29 is 14.7 Å². The van der Waals surface area contributed by atoms with Gasteiger partial charge in [-0.1, -0.05) is 30.3 Å². The number of carbonyl (C=O) groups is 2. The quantitative estimate of drug-likeness (QED) is 0.862. The van der Waals surface area contributed by atoms with Crippen LogP contribution in [-0.2, 0) is 16.0 Å². The van der Waals surface area contributed by atoms with Crippen molar-refractivity contribution in [1.82, 2.24) is 5.32 Å². The molecule has 2 aromatic rings. The maximum atomic E-state index is 12.0. The molecule has 0 bridgehead atoms. The number of benzene rings is 1. The fourth-order valence-corrected chi connectivity index (χ4v) is 2.85. The van der Waals surface area contributed by atoms with E-state index in [1.165, 1.54) is 11.3 Å². The predicted molar refractivity (Wildman–Crippen MR) is 82.3 cm³/mol. The second kappa shape index (κ2) is 7.04. The first-order chi connectivity index (χ1) is 10.1. The highest BCUT2D eigenvalue weighted by Gasteiger charge is 2.22. The fraction of sp³-hybridized carbons (Fsp3) is 0.250. The Hall–Kier alpha value is -2.14. The Kier molecular flexibility index (Phi) is 5.11. The van der Waals surface area contributed by atoms with E-state index in [0.29, 0.717) is 11.3 Å². The zero-order valence-corrected chi connectivity index (χ0v) is 12.5. The van der Waals surface area contributed by atoms with E-state index in [4.69, 9.17) is 0 Å². The topological polar surface area (TPSA) is 66.4 Å². The summed E-state index contributed by atoms with van der Waals surface area (Å²) in [4.78, 5) is 23.9. The van der Waals surface area contributed by atoms with Gasteiger partial charge in [-0.25, -0.2) is 4.79 Å². The van der Waals surface area contributed by atoms with Crippen molar-refractivity contribution >= 4 is 23.2 Å². The molecule has 2 N–H and O–H groups in total. The molecule has 4 nitrogen and oxygen atoms in total. The Morgan fingerprint density at radius 2 is 2.00 bits per heavy atom. The predicted octanol–water partition coefficient (Wildman–Crippen LogP) is 2.93. The normalized spacial score (nSPS) is 11.9. The van der Waals surface area contributed by atoms with Gasteiger partial charge in [0.15, 0.2) is 6.04 Å². The first-order valence-electron chi connectivity index (χ1n) is 6.68. The summed E-state index contributed by atoms with van der Waals surface area (Å²) in [5, 5.41) is 13.6. The molecular weight excluding hydrogens is 286 g/mol. The number of hydrogen-bond donors (Lipinski definition) is 2. The van der Waals surface area contributed by atoms with E-state index < -0.39 is 12.0 Å². The first-order valence-corrected chi connectivity index (χ1v) is 7.56. The highest BCUT2D eigenvalue weighted by atomic mass is 32.1. The molecule has 0 aliphatic heterocycles. The molecular formula is C16H17NO3S. The van der Waals surface area contributed by atoms with Crippen LogP contribution in [0.25, 0.3) is 0 Å². The molecule has 1 unspecified atom stereocenters. The van der Waals surface area contributed by atoms with Gasteiger partial charge in [-0.15, -0.1) is 11.3 Å². The second-order valence-electron chi connectivity index (χ2n) is 4.78. The molecule has 1 aromatic heterocycles. The Morgan fingerprint density at radius 3 is 2.62 bits per heavy atom. The second-order valence-corrected chi connectivity index (χ2v) is 5.76. The van der Waals surface area contributed by atoms with Crippen LogP contribution in [0.4, 0.5) is 0 Å². The molecule has 1 heterocycles. The van der Waals surface area contributed by atoms with Gasteiger partial charge in [0.05, 0.1) is 0 Å². The molecule has 0 fully saturated rings. The van der Waals surface area contributed by atoms with Crippen molar-refractivity contribution in [2.45, 2.75) is 25.8 Å². The number of hydrogen-bond acceptors (Lipinski definition) is 3. The van der Waals surface area contributed by atoms with Crippen molar-refractivity contribution in [3.8, 4) is 0 Å². The fourth-order valence-electron chi connectivity index (χ4n) is 2.08. The Balaban J connectivity index is 1.94. The number of aryl methyl sites for hydroxylation is 2. The van der Waals surface area contributed by atoms with E-state index in [-0.39, 0.29) is 12.3 Å². The minimum Gasteiger partial charge on any atom is -0.479 e. The number of rotatable bonds is 6. The van der Waals surface area contributed by atoms with Crippen molar-refractivity contribution in [1.29, 1.82) is 0 Å². The van der Waals surface area contributed by atoms with Gasteiger partial charge in [0.1, 0.15) is 0 Å². The number of nitrogens with one attached hydrogen (secondary N) is 1. The maximum absolute atomic E-state index is 12.0. The molecule has 1 amide bonds. The summed E-state index contributed by atoms with van der Waals surface area (Å²) in [7, 11) is 0. The third-order valence-electron chi connectivity index (χ3n) is 3.26. The number of amides is 1. The minimum atomic E-state index is -1.04. The average molecular weight is 303 g/mol. The Morgan fingerprint density at radius 1 is 1.24 bits per heavy atom. The van der Waals surface area contributed by atoms with Crippen molar-refractivity contribution in [3.05, 3.63) is 57.8 Å². The van der Waals surface area contributed by atoms with Crippen LogP contribution in [0.5, 0.6) is 0 Å². The van der Waals surface area contributed by atoms with E-state index in [0.717, 1.165) is 11.1 Å². The van der Waals surface area contributed by atoms with Crippen LogP contribution in [0.2, 0.25) is 0 Å². The Bertz CT molecular complexity index is 622. The average Bonchev–Trinajstić information content (AvgIpc) is 2.97. The first kappa shape index (κ1) is 15.3. The lowest BCUT2D eigenvalue weighted by atomic mass is 10.0. The van der Waals surface area contributed by atoms with Gasteiger partial charge in [-0.2, -0.15) is 0 Å². The summed E-state index contributed by atoms with van der Waals surface area (Å²) in [6.07, 6.45) is 0.884. The van der Waals surface area contributed by atoms with Gasteiger partial charge < -0.3 is 10.4 Å². The van der Waals surface area contributed by atoms with Gasteiger partial charge >= 0.3 is 5.97 Å². The van der Waals surface area contributed by atoms with Crippen molar-refractivity contribution in [2.75, 3.05) is 0 Å². The van der Waals surface area contributed by atoms with Crippen LogP contribution in [0.1, 0.15) is 28.5 Å². The number of carboxylic acid groups (broad SMARTS) is 1. The molecule has 0 radical (unpaired) electrons. The number of thiophene rings is 1. The Labute approximate surface area is 127 Å². The lowest BCUT2D eigenvalue weighted by Crippen LogP contribution is -2.33. The summed E-state index contributed by atoms with van der Waals surface area (Å²) in [6.45, 7) is 2.00. The molecule has 0 saturated heterocycles. The number of carboxylic acids is 1. The lowest BCUT2D eigenvalue weighted by molar-refractivity contribution is -0.141. The van der Waals surface area contributed by atoms with E-state index in [9.17, 15) is 14.7 Å². The van der Waals surface area contributed by atoms with Crippen LogP contribution in [0.3, 0.4) is 0 Å². The summed E-state index contributed by atoms with van der Waals surface area (Å²) in [6, 6.07) is 10.4. The van der Waals surface area contributed by atoms with Gasteiger partial charge in [-0.05, 0) is 35.9 Å². The van der Waals surface area contributed by atoms with E-state index >= 15 is 0 Å². The molecule has 0 saturated carbocycles. The van der Waals surface area contributed by atoms with Gasteiger partial charge in [-0.3, -0.25) is 4.79 Å². The third-order valence-corrected chi connectivity index (χ3v) is 4.20. The molecule has 1 aromatic carbocycles. The maximum Gasteiger partial charge on any atom is 0.331 e. The standard InChI is InChI=1S/C16H17NO3S/c1-11-5-2-3-6-12(11)8-9-14(18)17-15(16(19)20)13-7-4-10-21-13/h2-7,10,15H,8-9H2,1H3,(H,17,18)(H,19,20). The van der Waals surface area contributed by atoms with Gasteiger partial charge in [0, 0.05) is 11.3 Å². The van der Waals surface area contributed by atoms with Crippen LogP contribution < -0.4 is 5.32 Å². The molecule has 1 atom stereocenters. The molecule has 110 valence electrons. The van der Waals surface area contributed by atoms with Gasteiger partial charge in [0.25, 0.3) is 0 Å². The van der Waals surface area contributed by atoms with Crippen LogP contribution in [0.15, 0.2) is 41.8 Å². The van der Waals surface area contributed by atoms with E-state index in [2.05, 4.69) is 5.32 Å². The summed E-state index contributed by atoms with van der Waals surface area (Å²) in [5.74, 6) is -1.29. The lowest BCUT2D eigenvalue weighted by Gasteiger charge is -2.13. The zero-order chi connectivity index (χ0) is 15.2. The summed E-state index contributed by atoms with van der Waals surface area (Å²) < 4.78 is 0. The minimum absolute atomic E-state index is 0.251. The summed E-state index contributed by atoms with van der Waals surface area (Å²) >= 11 is 1.32. The van der Waals surface area contributed by atoms with Gasteiger partial charge in [0.2, 0.25) is 5.91 Å². The largest absolute Gasteiger partial charge is 0.479 e. The van der Waals surface area contributed by atoms with Crippen molar-refractivity contribution in [3.63, 3.8) is 0 Å². The monoisotopic (exact) mass is 303 g/mol. The smallest absolute Gasteiger partial charge is 0.331 e. The molecule has 0 spiro atoms. The van der Waals surface area contributed by atoms with E-state index in [1.807, 2.05) is 31.2 Å². The zero-order valence-electron chi connectivity index (χ0n) is 11.7. The highest BCUT2D eigenvalue weighted by molar-refractivity contribution is 7.10.